The quantitative estimate of drug-likeness (QED) is 0.0195. The third-order valence-corrected chi connectivity index (χ3v) is 20.3. The Morgan fingerprint density at radius 3 is 0.784 bits per heavy atom. The van der Waals surface area contributed by atoms with Gasteiger partial charge in [-0.2, -0.15) is 0 Å². The normalized spacial score (nSPS) is 13.5. The zero-order valence-corrected chi connectivity index (χ0v) is 68.7. The van der Waals surface area contributed by atoms with Crippen molar-refractivity contribution in [3.8, 4) is 0 Å². The SMILES string of the molecule is CC/C=C\C/C=C\C/C=C\C/C=C\C/C=C\CCCCCCCCCCCCCCCCCCCCCCCCCCCC(=O)OC(COC(=O)CCCCCCCCCCCCCCCCCCCCCCCCCC/C=C\C/C=C\C/C=C\C/C=C\CC)COP(=O)([O-])OCC[N+](C)(C)C. The molecule has 10 heteroatoms. The first kappa shape index (κ1) is 98.7. The Hall–Kier alpha value is -3.33. The number of phosphoric ester groups is 1. The molecular weight excluding hydrogens is 1280 g/mol. The Kier molecular flexibility index (Phi) is 79.1. The Morgan fingerprint density at radius 2 is 0.529 bits per heavy atom. The van der Waals surface area contributed by atoms with Crippen LogP contribution in [0.5, 0.6) is 0 Å². The summed E-state index contributed by atoms with van der Waals surface area (Å²) >= 11 is 0. The number of carbonyl (C=O) groups excluding carboxylic acids is 2. The molecule has 0 aliphatic rings. The van der Waals surface area contributed by atoms with E-state index in [1.165, 1.54) is 289 Å². The van der Waals surface area contributed by atoms with Crippen LogP contribution in [0.15, 0.2) is 109 Å². The smallest absolute Gasteiger partial charge is 0.306 e. The van der Waals surface area contributed by atoms with Gasteiger partial charge in [-0.05, 0) is 96.3 Å². The second-order valence-electron chi connectivity index (χ2n) is 30.5. The number of unbranched alkanes of at least 4 members (excludes halogenated alkanes) is 49. The first-order valence-corrected chi connectivity index (χ1v) is 45.1. The maximum Gasteiger partial charge on any atom is 0.306 e. The van der Waals surface area contributed by atoms with E-state index >= 15 is 0 Å². The predicted octanol–water partition coefficient (Wildman–Crippen LogP) is 28.9. The summed E-state index contributed by atoms with van der Waals surface area (Å²) in [6, 6.07) is 0. The summed E-state index contributed by atoms with van der Waals surface area (Å²) in [5.41, 5.74) is 0. The van der Waals surface area contributed by atoms with Gasteiger partial charge < -0.3 is 27.9 Å². The number of hydrogen-bond donors (Lipinski definition) is 0. The monoisotopic (exact) mass is 1440 g/mol. The first-order chi connectivity index (χ1) is 50.0. The van der Waals surface area contributed by atoms with Crippen LogP contribution in [0.2, 0.25) is 0 Å². The van der Waals surface area contributed by atoms with E-state index in [0.29, 0.717) is 17.4 Å². The second kappa shape index (κ2) is 81.7. The molecule has 9 nitrogen and oxygen atoms in total. The molecule has 0 heterocycles. The van der Waals surface area contributed by atoms with Crippen LogP contribution in [-0.2, 0) is 32.7 Å². The van der Waals surface area contributed by atoms with Crippen LogP contribution in [0.4, 0.5) is 0 Å². The molecule has 2 atom stereocenters. The Bertz CT molecular complexity index is 2100. The van der Waals surface area contributed by atoms with Crippen LogP contribution in [0.3, 0.4) is 0 Å². The molecule has 592 valence electrons. The van der Waals surface area contributed by atoms with Crippen molar-refractivity contribution in [2.45, 2.75) is 418 Å². The molecule has 0 N–H and O–H groups in total. The van der Waals surface area contributed by atoms with Gasteiger partial charge in [-0.3, -0.25) is 14.2 Å². The van der Waals surface area contributed by atoms with Gasteiger partial charge in [0.1, 0.15) is 19.8 Å². The van der Waals surface area contributed by atoms with E-state index in [9.17, 15) is 19.0 Å². The van der Waals surface area contributed by atoms with E-state index in [-0.39, 0.29) is 32.0 Å². The highest BCUT2D eigenvalue weighted by atomic mass is 31.2. The van der Waals surface area contributed by atoms with E-state index in [1.54, 1.807) is 0 Å². The van der Waals surface area contributed by atoms with Gasteiger partial charge in [0.15, 0.2) is 6.10 Å². The minimum atomic E-state index is -4.65. The number of esters is 2. The van der Waals surface area contributed by atoms with Gasteiger partial charge in [-0.1, -0.05) is 412 Å². The maximum absolute atomic E-state index is 12.9. The van der Waals surface area contributed by atoms with Gasteiger partial charge >= 0.3 is 11.9 Å². The fraction of sp³-hybridized carbons (Fsp3) is 0.783. The minimum Gasteiger partial charge on any atom is -0.756 e. The number of likely N-dealkylation sites (N-methyl/N-ethyl adjacent to an activating group) is 1. The average Bonchev–Trinajstić information content (AvgIpc) is 0.916. The fourth-order valence-corrected chi connectivity index (χ4v) is 13.5. The highest BCUT2D eigenvalue weighted by Gasteiger charge is 2.22. The molecular formula is C92H166NO8P. The van der Waals surface area contributed by atoms with E-state index < -0.39 is 26.5 Å². The molecule has 0 aromatic heterocycles. The summed E-state index contributed by atoms with van der Waals surface area (Å²) in [6.07, 6.45) is 117. The maximum atomic E-state index is 12.9. The van der Waals surface area contributed by atoms with Crippen LogP contribution in [0.25, 0.3) is 0 Å². The number of rotatable bonds is 81. The summed E-state index contributed by atoms with van der Waals surface area (Å²) in [7, 11) is 1.18. The Balaban J connectivity index is 3.87. The number of allylic oxidation sites excluding steroid dienone is 18. The number of carbonyl (C=O) groups is 2. The van der Waals surface area contributed by atoms with E-state index in [4.69, 9.17) is 18.5 Å². The number of phosphoric acid groups is 1. The molecule has 0 aromatic carbocycles. The highest BCUT2D eigenvalue weighted by molar-refractivity contribution is 7.45. The fourth-order valence-electron chi connectivity index (χ4n) is 12.7. The van der Waals surface area contributed by atoms with Gasteiger partial charge in [0.25, 0.3) is 7.82 Å². The molecule has 0 saturated carbocycles. The van der Waals surface area contributed by atoms with Crippen molar-refractivity contribution < 1.29 is 42.1 Å². The third-order valence-electron chi connectivity index (χ3n) is 19.3. The highest BCUT2D eigenvalue weighted by Crippen LogP contribution is 2.38. The van der Waals surface area contributed by atoms with Crippen molar-refractivity contribution in [3.63, 3.8) is 0 Å². The van der Waals surface area contributed by atoms with Gasteiger partial charge in [-0.25, -0.2) is 0 Å². The van der Waals surface area contributed by atoms with Crippen LogP contribution in [0, 0.1) is 0 Å². The lowest BCUT2D eigenvalue weighted by atomic mass is 10.0. The summed E-state index contributed by atoms with van der Waals surface area (Å²) < 4.78 is 34.5. The van der Waals surface area contributed by atoms with Gasteiger partial charge in [0.05, 0.1) is 27.7 Å². The minimum absolute atomic E-state index is 0.0298. The van der Waals surface area contributed by atoms with Crippen molar-refractivity contribution in [2.75, 3.05) is 47.5 Å². The molecule has 102 heavy (non-hydrogen) atoms. The Morgan fingerprint density at radius 1 is 0.304 bits per heavy atom. The largest absolute Gasteiger partial charge is 0.756 e. The number of hydrogen-bond acceptors (Lipinski definition) is 8. The van der Waals surface area contributed by atoms with Crippen molar-refractivity contribution in [1.82, 2.24) is 0 Å². The predicted molar refractivity (Wildman–Crippen MR) is 443 cm³/mol. The molecule has 0 aliphatic heterocycles. The summed E-state index contributed by atoms with van der Waals surface area (Å²) in [6.45, 7) is 4.08. The average molecular weight is 1450 g/mol. The van der Waals surface area contributed by atoms with Crippen molar-refractivity contribution in [1.29, 1.82) is 0 Å². The van der Waals surface area contributed by atoms with Crippen molar-refractivity contribution in [2.24, 2.45) is 0 Å². The van der Waals surface area contributed by atoms with Gasteiger partial charge in [0.2, 0.25) is 0 Å². The summed E-state index contributed by atoms with van der Waals surface area (Å²) in [5, 5.41) is 0. The molecule has 0 amide bonds. The zero-order valence-electron chi connectivity index (χ0n) is 67.8. The van der Waals surface area contributed by atoms with E-state index in [1.807, 2.05) is 21.1 Å². The third kappa shape index (κ3) is 85.6. The lowest BCUT2D eigenvalue weighted by molar-refractivity contribution is -0.870. The number of quaternary nitrogens is 1. The number of ether oxygens (including phenoxy) is 2. The van der Waals surface area contributed by atoms with Crippen LogP contribution < -0.4 is 4.89 Å². The standard InChI is InChI=1S/C92H166NO8P/c1-6-8-10-12-14-16-18-20-22-24-26-28-30-32-34-36-38-40-42-44-45-46-47-49-51-53-55-57-59-61-63-65-67-69-71-73-75-77-79-81-83-85-92(95)101-90(89-100-102(96,97)99-87-86-93(3,4)5)88-98-91(94)84-82-80-78-76-74-72-70-68-66-64-62-60-58-56-54-52-50-48-43-41-39-37-35-33-31-29-27-25-23-21-19-17-15-13-11-9-7-2/h8-11,14-17,20-23,26-29,32,34,90H,6-7,12-13,18-19,24-25,30-31,33,35-89H2,1-5H3/b10-8-,11-9-,16-14-,17-15-,22-20-,23-21-,28-26-,29-27-,34-32-. The van der Waals surface area contributed by atoms with Gasteiger partial charge in [-0.15, -0.1) is 0 Å². The molecule has 0 rings (SSSR count). The van der Waals surface area contributed by atoms with Crippen LogP contribution in [-0.4, -0.2) is 70.0 Å². The zero-order chi connectivity index (χ0) is 74.0. The lowest BCUT2D eigenvalue weighted by Gasteiger charge is -2.28. The molecule has 0 aromatic rings. The molecule has 2 unspecified atom stereocenters. The van der Waals surface area contributed by atoms with Crippen molar-refractivity contribution in [3.05, 3.63) is 109 Å². The first-order valence-electron chi connectivity index (χ1n) is 43.6. The summed E-state index contributed by atoms with van der Waals surface area (Å²) in [4.78, 5) is 38.3. The molecule has 0 aliphatic carbocycles. The van der Waals surface area contributed by atoms with Gasteiger partial charge in [0, 0.05) is 12.8 Å². The van der Waals surface area contributed by atoms with Crippen molar-refractivity contribution >= 4 is 19.8 Å². The summed E-state index contributed by atoms with van der Waals surface area (Å²) in [5.74, 6) is -0.811. The topological polar surface area (TPSA) is 111 Å². The van der Waals surface area contributed by atoms with Crippen LogP contribution >= 0.6 is 7.82 Å². The molecule has 0 radical (unpaired) electrons. The Labute approximate surface area is 633 Å². The van der Waals surface area contributed by atoms with E-state index in [2.05, 4.69) is 123 Å². The molecule has 0 spiro atoms. The second-order valence-corrected chi connectivity index (χ2v) is 31.9. The molecule has 0 bridgehead atoms. The molecule has 0 fully saturated rings. The van der Waals surface area contributed by atoms with Crippen LogP contribution in [0.1, 0.15) is 412 Å². The van der Waals surface area contributed by atoms with E-state index in [0.717, 1.165) is 89.9 Å². The number of nitrogens with zero attached hydrogens (tertiary/aromatic N) is 1. The lowest BCUT2D eigenvalue weighted by Crippen LogP contribution is -2.37. The molecule has 0 saturated heterocycles.